The van der Waals surface area contributed by atoms with Crippen LogP contribution in [0.1, 0.15) is 39.5 Å². The molecule has 0 bridgehead atoms. The van der Waals surface area contributed by atoms with Crippen LogP contribution in [0.3, 0.4) is 0 Å². The summed E-state index contributed by atoms with van der Waals surface area (Å²) in [4.78, 5) is 61.8. The molecule has 10 nitrogen and oxygen atoms in total. The maximum absolute atomic E-state index is 12.6. The molecule has 0 saturated carbocycles. The van der Waals surface area contributed by atoms with Crippen LogP contribution >= 0.6 is 0 Å². The SMILES string of the molecule is CCCC1(CCC)NC(=O)N(CC(=O)OCC(=O)NCC(=O)N(C)C)C1=O. The van der Waals surface area contributed by atoms with Crippen LogP contribution in [-0.2, 0) is 23.9 Å². The van der Waals surface area contributed by atoms with E-state index >= 15 is 0 Å². The molecule has 152 valence electrons. The van der Waals surface area contributed by atoms with Crippen molar-refractivity contribution >= 4 is 29.7 Å². The maximum Gasteiger partial charge on any atom is 0.326 e. The molecule has 5 amide bonds. The Morgan fingerprint density at radius 3 is 2.26 bits per heavy atom. The number of likely N-dealkylation sites (N-methyl/N-ethyl adjacent to an activating group) is 1. The third-order valence-corrected chi connectivity index (χ3v) is 4.19. The summed E-state index contributed by atoms with van der Waals surface area (Å²) in [7, 11) is 3.09. The second-order valence-electron chi connectivity index (χ2n) is 6.63. The number of amides is 5. The van der Waals surface area contributed by atoms with E-state index in [4.69, 9.17) is 4.74 Å². The fourth-order valence-corrected chi connectivity index (χ4v) is 2.84. The van der Waals surface area contributed by atoms with Crippen molar-refractivity contribution in [2.24, 2.45) is 0 Å². The van der Waals surface area contributed by atoms with Crippen LogP contribution in [0.25, 0.3) is 0 Å². The maximum atomic E-state index is 12.6. The number of rotatable bonds is 10. The number of esters is 1. The van der Waals surface area contributed by atoms with Gasteiger partial charge in [-0.25, -0.2) is 4.79 Å². The first-order valence-electron chi connectivity index (χ1n) is 8.93. The van der Waals surface area contributed by atoms with Crippen molar-refractivity contribution in [1.29, 1.82) is 0 Å². The molecule has 1 rings (SSSR count). The Bertz CT molecular complexity index is 598. The van der Waals surface area contributed by atoms with Crippen molar-refractivity contribution in [3.05, 3.63) is 0 Å². The number of nitrogens with one attached hydrogen (secondary N) is 2. The highest BCUT2D eigenvalue weighted by molar-refractivity contribution is 6.08. The third kappa shape index (κ3) is 5.93. The van der Waals surface area contributed by atoms with Crippen molar-refractivity contribution in [1.82, 2.24) is 20.4 Å². The number of imide groups is 1. The van der Waals surface area contributed by atoms with Gasteiger partial charge in [-0.1, -0.05) is 26.7 Å². The molecule has 1 aliphatic heterocycles. The zero-order valence-electron chi connectivity index (χ0n) is 16.3. The van der Waals surface area contributed by atoms with Crippen LogP contribution in [0.15, 0.2) is 0 Å². The molecule has 1 saturated heterocycles. The molecule has 0 aromatic rings. The van der Waals surface area contributed by atoms with Crippen molar-refractivity contribution in [2.75, 3.05) is 33.8 Å². The summed E-state index contributed by atoms with van der Waals surface area (Å²) in [6.07, 6.45) is 2.38. The van der Waals surface area contributed by atoms with E-state index in [1.165, 1.54) is 4.90 Å². The second kappa shape index (κ2) is 9.89. The Kier molecular flexibility index (Phi) is 8.20. The number of ether oxygens (including phenoxy) is 1. The number of nitrogens with zero attached hydrogens (tertiary/aromatic N) is 2. The Hall–Kier alpha value is -2.65. The van der Waals surface area contributed by atoms with Gasteiger partial charge < -0.3 is 20.3 Å². The van der Waals surface area contributed by atoms with Crippen LogP contribution in [0.5, 0.6) is 0 Å². The van der Waals surface area contributed by atoms with Crippen LogP contribution in [-0.4, -0.2) is 78.9 Å². The molecule has 1 heterocycles. The van der Waals surface area contributed by atoms with Gasteiger partial charge in [0, 0.05) is 14.1 Å². The van der Waals surface area contributed by atoms with Gasteiger partial charge in [0.1, 0.15) is 12.1 Å². The van der Waals surface area contributed by atoms with Crippen molar-refractivity contribution in [3.63, 3.8) is 0 Å². The van der Waals surface area contributed by atoms with Gasteiger partial charge in [0.2, 0.25) is 5.91 Å². The summed E-state index contributed by atoms with van der Waals surface area (Å²) in [6.45, 7) is 2.44. The quantitative estimate of drug-likeness (QED) is 0.391. The third-order valence-electron chi connectivity index (χ3n) is 4.19. The highest BCUT2D eigenvalue weighted by atomic mass is 16.5. The summed E-state index contributed by atoms with van der Waals surface area (Å²) in [5.74, 6) is -2.29. The fraction of sp³-hybridized carbons (Fsp3) is 0.706. The predicted octanol–water partition coefficient (Wildman–Crippen LogP) is -0.375. The lowest BCUT2D eigenvalue weighted by atomic mass is 9.88. The number of carbonyl (C=O) groups excluding carboxylic acids is 5. The standard InChI is InChI=1S/C17H28N4O6/c1-5-7-17(8-6-2)15(25)21(16(26)19-17)10-14(24)27-11-12(22)18-9-13(23)20(3)4/h5-11H2,1-4H3,(H,18,22)(H,19,26). The number of hydrogen-bond donors (Lipinski definition) is 2. The normalized spacial score (nSPS) is 15.3. The van der Waals surface area contributed by atoms with E-state index in [1.54, 1.807) is 14.1 Å². The minimum Gasteiger partial charge on any atom is -0.454 e. The Labute approximate surface area is 158 Å². The number of urea groups is 1. The van der Waals surface area contributed by atoms with E-state index in [1.807, 2.05) is 13.8 Å². The van der Waals surface area contributed by atoms with Crippen LogP contribution in [0.4, 0.5) is 4.79 Å². The van der Waals surface area contributed by atoms with E-state index in [0.717, 1.165) is 4.90 Å². The molecule has 0 aliphatic carbocycles. The predicted molar refractivity (Wildman–Crippen MR) is 95.5 cm³/mol. The number of hydrogen-bond acceptors (Lipinski definition) is 6. The lowest BCUT2D eigenvalue weighted by molar-refractivity contribution is -0.151. The largest absolute Gasteiger partial charge is 0.454 e. The average molecular weight is 384 g/mol. The summed E-state index contributed by atoms with van der Waals surface area (Å²) in [5, 5.41) is 5.00. The minimum absolute atomic E-state index is 0.215. The topological polar surface area (TPSA) is 125 Å². The molecule has 0 aromatic heterocycles. The molecule has 0 atom stereocenters. The van der Waals surface area contributed by atoms with Gasteiger partial charge >= 0.3 is 12.0 Å². The van der Waals surface area contributed by atoms with Gasteiger partial charge in [-0.3, -0.25) is 24.1 Å². The molecule has 2 N–H and O–H groups in total. The van der Waals surface area contributed by atoms with Gasteiger partial charge in [0.05, 0.1) is 6.54 Å². The van der Waals surface area contributed by atoms with Gasteiger partial charge in [-0.15, -0.1) is 0 Å². The Balaban J connectivity index is 2.54. The van der Waals surface area contributed by atoms with E-state index < -0.39 is 42.5 Å². The first-order chi connectivity index (χ1) is 12.7. The van der Waals surface area contributed by atoms with Gasteiger partial charge in [-0.2, -0.15) is 0 Å². The Morgan fingerprint density at radius 1 is 1.15 bits per heavy atom. The monoisotopic (exact) mass is 384 g/mol. The van der Waals surface area contributed by atoms with Crippen LogP contribution < -0.4 is 10.6 Å². The number of carbonyl (C=O) groups is 5. The molecule has 27 heavy (non-hydrogen) atoms. The molecule has 10 heteroatoms. The summed E-state index contributed by atoms with van der Waals surface area (Å²) < 4.78 is 4.79. The van der Waals surface area contributed by atoms with E-state index in [2.05, 4.69) is 10.6 Å². The smallest absolute Gasteiger partial charge is 0.326 e. The molecule has 0 unspecified atom stereocenters. The highest BCUT2D eigenvalue weighted by Gasteiger charge is 2.50. The van der Waals surface area contributed by atoms with Crippen molar-refractivity contribution in [3.8, 4) is 0 Å². The summed E-state index contributed by atoms with van der Waals surface area (Å²) >= 11 is 0. The van der Waals surface area contributed by atoms with Crippen LogP contribution in [0.2, 0.25) is 0 Å². The second-order valence-corrected chi connectivity index (χ2v) is 6.63. The first kappa shape index (κ1) is 22.4. The highest BCUT2D eigenvalue weighted by Crippen LogP contribution is 2.27. The van der Waals surface area contributed by atoms with Crippen molar-refractivity contribution < 1.29 is 28.7 Å². The van der Waals surface area contributed by atoms with Gasteiger partial charge in [0.25, 0.3) is 11.8 Å². The lowest BCUT2D eigenvalue weighted by Gasteiger charge is -2.25. The molecule has 1 fully saturated rings. The van der Waals surface area contributed by atoms with E-state index in [9.17, 15) is 24.0 Å². The molecule has 0 radical (unpaired) electrons. The van der Waals surface area contributed by atoms with Gasteiger partial charge in [-0.05, 0) is 12.8 Å². The fourth-order valence-electron chi connectivity index (χ4n) is 2.84. The van der Waals surface area contributed by atoms with Crippen LogP contribution in [0, 0.1) is 0 Å². The van der Waals surface area contributed by atoms with Crippen molar-refractivity contribution in [2.45, 2.75) is 45.1 Å². The zero-order chi connectivity index (χ0) is 20.6. The average Bonchev–Trinajstić information content (AvgIpc) is 2.82. The molecule has 1 aliphatic rings. The first-order valence-corrected chi connectivity index (χ1v) is 8.93. The summed E-state index contributed by atoms with van der Waals surface area (Å²) in [6, 6.07) is -0.639. The Morgan fingerprint density at radius 2 is 1.74 bits per heavy atom. The minimum atomic E-state index is -0.981. The molecular weight excluding hydrogens is 356 g/mol. The molecule has 0 aromatic carbocycles. The van der Waals surface area contributed by atoms with E-state index in [0.29, 0.717) is 25.7 Å². The van der Waals surface area contributed by atoms with E-state index in [-0.39, 0.29) is 12.5 Å². The zero-order valence-corrected chi connectivity index (χ0v) is 16.3. The molecule has 0 spiro atoms. The molecular formula is C17H28N4O6. The summed E-state index contributed by atoms with van der Waals surface area (Å²) in [5.41, 5.74) is -0.981. The lowest BCUT2D eigenvalue weighted by Crippen LogP contribution is -2.47. The van der Waals surface area contributed by atoms with Gasteiger partial charge in [0.15, 0.2) is 6.61 Å².